The molecule has 0 bridgehead atoms. The molecule has 1 saturated carbocycles. The van der Waals surface area contributed by atoms with Crippen molar-refractivity contribution in [2.45, 2.75) is 65.2 Å². The molecule has 1 aromatic rings. The highest BCUT2D eigenvalue weighted by Crippen LogP contribution is 2.32. The molecule has 0 N–H and O–H groups in total. The fraction of sp³-hybridized carbons (Fsp3) is 0.684. The third-order valence-electron chi connectivity index (χ3n) is 5.41. The smallest absolute Gasteiger partial charge is 0.0250 e. The molecule has 19 heavy (non-hydrogen) atoms. The van der Waals surface area contributed by atoms with Gasteiger partial charge in [0.1, 0.15) is 0 Å². The highest BCUT2D eigenvalue weighted by molar-refractivity contribution is 5.34. The van der Waals surface area contributed by atoms with Crippen molar-refractivity contribution in [1.82, 2.24) is 0 Å². The second-order valence-electron chi connectivity index (χ2n) is 7.28. The van der Waals surface area contributed by atoms with Gasteiger partial charge in [0.25, 0.3) is 0 Å². The summed E-state index contributed by atoms with van der Waals surface area (Å²) in [6.45, 7) is 4.80. The van der Waals surface area contributed by atoms with Crippen LogP contribution in [0.5, 0.6) is 0 Å². The summed E-state index contributed by atoms with van der Waals surface area (Å²) in [5.41, 5.74) is 4.88. The Labute approximate surface area is 118 Å². The van der Waals surface area contributed by atoms with Gasteiger partial charge in [-0.25, -0.2) is 0 Å². The summed E-state index contributed by atoms with van der Waals surface area (Å²) in [5.74, 6) is 2.82. The summed E-state index contributed by atoms with van der Waals surface area (Å²) in [6.07, 6.45) is 11.1. The Kier molecular flexibility index (Phi) is 3.96. The summed E-state index contributed by atoms with van der Waals surface area (Å²) >= 11 is 0. The van der Waals surface area contributed by atoms with Crippen LogP contribution in [0.1, 0.15) is 62.6 Å². The van der Waals surface area contributed by atoms with E-state index in [4.69, 9.17) is 0 Å². The molecule has 0 heterocycles. The van der Waals surface area contributed by atoms with Crippen LogP contribution >= 0.6 is 0 Å². The lowest BCUT2D eigenvalue weighted by Gasteiger charge is -2.27. The molecule has 0 nitrogen and oxygen atoms in total. The zero-order chi connectivity index (χ0) is 13.2. The van der Waals surface area contributed by atoms with Crippen LogP contribution in [0.15, 0.2) is 18.2 Å². The van der Waals surface area contributed by atoms with Crippen molar-refractivity contribution in [3.05, 3.63) is 34.9 Å². The number of hydrogen-bond acceptors (Lipinski definition) is 0. The Bertz CT molecular complexity index is 424. The van der Waals surface area contributed by atoms with Gasteiger partial charge in [-0.1, -0.05) is 44.9 Å². The lowest BCUT2D eigenvalue weighted by molar-refractivity contribution is 0.289. The summed E-state index contributed by atoms with van der Waals surface area (Å²) in [6, 6.07) is 7.36. The van der Waals surface area contributed by atoms with Crippen molar-refractivity contribution < 1.29 is 0 Å². The van der Waals surface area contributed by atoms with Gasteiger partial charge in [0.05, 0.1) is 0 Å². The zero-order valence-electron chi connectivity index (χ0n) is 12.6. The molecule has 0 aliphatic heterocycles. The van der Waals surface area contributed by atoms with Crippen molar-refractivity contribution in [2.24, 2.45) is 17.8 Å². The molecular formula is C19H28. The molecule has 0 heteroatoms. The maximum atomic E-state index is 2.53. The topological polar surface area (TPSA) is 0 Å². The van der Waals surface area contributed by atoms with Gasteiger partial charge in [0.2, 0.25) is 0 Å². The van der Waals surface area contributed by atoms with Crippen LogP contribution in [0.25, 0.3) is 0 Å². The highest BCUT2D eigenvalue weighted by Gasteiger charge is 2.20. The van der Waals surface area contributed by atoms with E-state index < -0.39 is 0 Å². The Morgan fingerprint density at radius 3 is 2.47 bits per heavy atom. The van der Waals surface area contributed by atoms with E-state index in [9.17, 15) is 0 Å². The molecule has 2 aliphatic rings. The van der Waals surface area contributed by atoms with Crippen LogP contribution in [0.4, 0.5) is 0 Å². The minimum absolute atomic E-state index is 0.887. The maximum Gasteiger partial charge on any atom is -0.0250 e. The summed E-state index contributed by atoms with van der Waals surface area (Å²) < 4.78 is 0. The van der Waals surface area contributed by atoms with Gasteiger partial charge >= 0.3 is 0 Å². The quantitative estimate of drug-likeness (QED) is 0.684. The highest BCUT2D eigenvalue weighted by atomic mass is 14.3. The first-order valence-electron chi connectivity index (χ1n) is 8.31. The standard InChI is InChI=1S/C19H28/c1-14-3-6-16(7-4-14)12-17-8-10-18-11-15(2)5-9-19(18)13-17/h8,10,13-16H,3-7,9,11-12H2,1-2H3/t14?,15-,16?/m0/s1. The number of benzene rings is 1. The molecule has 0 aromatic heterocycles. The molecule has 2 aliphatic carbocycles. The minimum Gasteiger partial charge on any atom is -0.0625 e. The van der Waals surface area contributed by atoms with E-state index in [1.54, 1.807) is 16.7 Å². The predicted octanol–water partition coefficient (Wildman–Crippen LogP) is 5.18. The van der Waals surface area contributed by atoms with Gasteiger partial charge < -0.3 is 0 Å². The van der Waals surface area contributed by atoms with E-state index in [0.29, 0.717) is 0 Å². The Balaban J connectivity index is 1.66. The first kappa shape index (κ1) is 13.2. The average Bonchev–Trinajstić information content (AvgIpc) is 2.42. The van der Waals surface area contributed by atoms with Gasteiger partial charge in [-0.05, 0) is 73.0 Å². The largest absolute Gasteiger partial charge is 0.0625 e. The van der Waals surface area contributed by atoms with Crippen molar-refractivity contribution in [3.8, 4) is 0 Å². The number of fused-ring (bicyclic) bond motifs is 1. The molecule has 0 radical (unpaired) electrons. The first-order chi connectivity index (χ1) is 9.20. The van der Waals surface area contributed by atoms with E-state index in [0.717, 1.165) is 17.8 Å². The molecule has 1 atom stereocenters. The van der Waals surface area contributed by atoms with E-state index in [2.05, 4.69) is 32.0 Å². The fourth-order valence-electron chi connectivity index (χ4n) is 3.98. The lowest BCUT2D eigenvalue weighted by Crippen LogP contribution is -2.15. The van der Waals surface area contributed by atoms with Gasteiger partial charge in [-0.3, -0.25) is 0 Å². The second-order valence-corrected chi connectivity index (χ2v) is 7.28. The average molecular weight is 256 g/mol. The molecule has 104 valence electrons. The van der Waals surface area contributed by atoms with E-state index in [1.807, 2.05) is 0 Å². The van der Waals surface area contributed by atoms with E-state index in [1.165, 1.54) is 51.4 Å². The van der Waals surface area contributed by atoms with Gasteiger partial charge in [-0.2, -0.15) is 0 Å². The van der Waals surface area contributed by atoms with E-state index >= 15 is 0 Å². The first-order valence-corrected chi connectivity index (χ1v) is 8.31. The van der Waals surface area contributed by atoms with Crippen LogP contribution in [0.2, 0.25) is 0 Å². The summed E-state index contributed by atoms with van der Waals surface area (Å²) in [4.78, 5) is 0. The van der Waals surface area contributed by atoms with Crippen LogP contribution < -0.4 is 0 Å². The van der Waals surface area contributed by atoms with Gasteiger partial charge in [-0.15, -0.1) is 0 Å². The van der Waals surface area contributed by atoms with Crippen LogP contribution in [0, 0.1) is 17.8 Å². The van der Waals surface area contributed by atoms with Crippen LogP contribution in [0.3, 0.4) is 0 Å². The van der Waals surface area contributed by atoms with Crippen LogP contribution in [-0.2, 0) is 19.3 Å². The summed E-state index contributed by atoms with van der Waals surface area (Å²) in [7, 11) is 0. The Hall–Kier alpha value is -0.780. The van der Waals surface area contributed by atoms with Gasteiger partial charge in [0.15, 0.2) is 0 Å². The van der Waals surface area contributed by atoms with E-state index in [-0.39, 0.29) is 0 Å². The predicted molar refractivity (Wildman–Crippen MR) is 82.5 cm³/mol. The monoisotopic (exact) mass is 256 g/mol. The third-order valence-corrected chi connectivity index (χ3v) is 5.41. The summed E-state index contributed by atoms with van der Waals surface area (Å²) in [5, 5.41) is 0. The minimum atomic E-state index is 0.887. The molecule has 0 spiro atoms. The lowest BCUT2D eigenvalue weighted by atomic mass is 9.79. The molecule has 1 aromatic carbocycles. The zero-order valence-corrected chi connectivity index (χ0v) is 12.6. The molecule has 0 amide bonds. The van der Waals surface area contributed by atoms with Crippen molar-refractivity contribution in [3.63, 3.8) is 0 Å². The normalized spacial score (nSPS) is 30.9. The Morgan fingerprint density at radius 2 is 1.68 bits per heavy atom. The molecule has 0 saturated heterocycles. The Morgan fingerprint density at radius 1 is 0.895 bits per heavy atom. The fourth-order valence-corrected chi connectivity index (χ4v) is 3.98. The second kappa shape index (κ2) is 5.69. The number of rotatable bonds is 2. The third kappa shape index (κ3) is 3.22. The molecular weight excluding hydrogens is 228 g/mol. The van der Waals surface area contributed by atoms with Crippen molar-refractivity contribution in [1.29, 1.82) is 0 Å². The van der Waals surface area contributed by atoms with Gasteiger partial charge in [0, 0.05) is 0 Å². The number of hydrogen-bond donors (Lipinski definition) is 0. The molecule has 1 fully saturated rings. The molecule has 3 rings (SSSR count). The van der Waals surface area contributed by atoms with Crippen molar-refractivity contribution in [2.75, 3.05) is 0 Å². The van der Waals surface area contributed by atoms with Crippen molar-refractivity contribution >= 4 is 0 Å². The molecule has 0 unspecified atom stereocenters. The maximum absolute atomic E-state index is 2.53. The SMILES string of the molecule is CC1CCC(Cc2ccc3c(c2)CC[C@H](C)C3)CC1. The number of aryl methyl sites for hydroxylation is 1. The van der Waals surface area contributed by atoms with Crippen LogP contribution in [-0.4, -0.2) is 0 Å².